The molecule has 9 heteroatoms. The molecule has 0 bridgehead atoms. The molecular weight excluding hydrogens is 460 g/mol. The quantitative estimate of drug-likeness (QED) is 0.484. The Balaban J connectivity index is 1.66. The van der Waals surface area contributed by atoms with Crippen molar-refractivity contribution in [2.45, 2.75) is 32.8 Å². The van der Waals surface area contributed by atoms with E-state index in [1.807, 2.05) is 41.9 Å². The summed E-state index contributed by atoms with van der Waals surface area (Å²) in [5, 5.41) is 2.92. The molecule has 2 heterocycles. The Labute approximate surface area is 210 Å². The number of anilines is 1. The van der Waals surface area contributed by atoms with Gasteiger partial charge in [-0.05, 0) is 37.5 Å². The van der Waals surface area contributed by atoms with E-state index in [0.717, 1.165) is 5.56 Å². The lowest BCUT2D eigenvalue weighted by Crippen LogP contribution is -2.43. The summed E-state index contributed by atoms with van der Waals surface area (Å²) in [5.74, 6) is -0.350. The number of rotatable bonds is 8. The van der Waals surface area contributed by atoms with Crippen LogP contribution in [0.5, 0.6) is 0 Å². The second kappa shape index (κ2) is 11.3. The van der Waals surface area contributed by atoms with Gasteiger partial charge in [0, 0.05) is 32.9 Å². The van der Waals surface area contributed by atoms with Crippen molar-refractivity contribution in [3.63, 3.8) is 0 Å². The first-order valence-corrected chi connectivity index (χ1v) is 12.2. The number of nitrogens with one attached hydrogen (secondary N) is 1. The van der Waals surface area contributed by atoms with Crippen LogP contribution in [-0.4, -0.2) is 59.0 Å². The molecule has 190 valence electrons. The van der Waals surface area contributed by atoms with Crippen molar-refractivity contribution in [2.75, 3.05) is 32.1 Å². The molecule has 3 aromatic rings. The van der Waals surface area contributed by atoms with Gasteiger partial charge in [-0.15, -0.1) is 0 Å². The SMILES string of the molecule is CCOC(=O)C1CCCN(C(=O)c2cc(NC(=O)Cc3ccccc3)cc3nc(COC)n(C)c23)C1. The van der Waals surface area contributed by atoms with Crippen molar-refractivity contribution in [2.24, 2.45) is 13.0 Å². The van der Waals surface area contributed by atoms with Crippen molar-refractivity contribution in [1.29, 1.82) is 0 Å². The van der Waals surface area contributed by atoms with Gasteiger partial charge in [0.15, 0.2) is 0 Å². The van der Waals surface area contributed by atoms with Gasteiger partial charge in [-0.25, -0.2) is 4.98 Å². The lowest BCUT2D eigenvalue weighted by Gasteiger charge is -2.31. The average molecular weight is 493 g/mol. The zero-order chi connectivity index (χ0) is 25.7. The standard InChI is InChI=1S/C27H32N4O5/c1-4-36-27(34)19-11-8-12-31(16-19)26(33)21-14-20(28-24(32)13-18-9-6-5-7-10-18)15-22-25(21)30(2)23(29-22)17-35-3/h5-7,9-10,14-15,19H,4,8,11-13,16-17H2,1-3H3,(H,28,32). The molecule has 0 saturated carbocycles. The number of hydrogen-bond donors (Lipinski definition) is 1. The van der Waals surface area contributed by atoms with Gasteiger partial charge in [-0.2, -0.15) is 0 Å². The van der Waals surface area contributed by atoms with Crippen LogP contribution < -0.4 is 5.32 Å². The van der Waals surface area contributed by atoms with E-state index in [1.54, 1.807) is 31.1 Å². The highest BCUT2D eigenvalue weighted by atomic mass is 16.5. The molecule has 1 unspecified atom stereocenters. The molecule has 1 aliphatic rings. The molecule has 1 aliphatic heterocycles. The van der Waals surface area contributed by atoms with Crippen molar-refractivity contribution >= 4 is 34.5 Å². The maximum Gasteiger partial charge on any atom is 0.310 e. The van der Waals surface area contributed by atoms with E-state index in [2.05, 4.69) is 10.3 Å². The predicted octanol–water partition coefficient (Wildman–Crippen LogP) is 3.32. The number of benzene rings is 2. The number of aryl methyl sites for hydroxylation is 1. The van der Waals surface area contributed by atoms with Crippen molar-refractivity contribution < 1.29 is 23.9 Å². The zero-order valence-corrected chi connectivity index (χ0v) is 21.0. The first-order chi connectivity index (χ1) is 17.4. The van der Waals surface area contributed by atoms with E-state index in [-0.39, 0.29) is 36.7 Å². The molecule has 0 aliphatic carbocycles. The Morgan fingerprint density at radius 1 is 1.17 bits per heavy atom. The van der Waals surface area contributed by atoms with E-state index < -0.39 is 0 Å². The van der Waals surface area contributed by atoms with Gasteiger partial charge in [0.25, 0.3) is 5.91 Å². The van der Waals surface area contributed by atoms with Crippen molar-refractivity contribution in [1.82, 2.24) is 14.5 Å². The van der Waals surface area contributed by atoms with Crippen LogP contribution in [-0.2, 0) is 39.1 Å². The number of esters is 1. The van der Waals surface area contributed by atoms with E-state index >= 15 is 0 Å². The summed E-state index contributed by atoms with van der Waals surface area (Å²) in [7, 11) is 3.43. The summed E-state index contributed by atoms with van der Waals surface area (Å²) in [4.78, 5) is 45.2. The highest BCUT2D eigenvalue weighted by Gasteiger charge is 2.31. The Bertz CT molecular complexity index is 1250. The lowest BCUT2D eigenvalue weighted by molar-refractivity contribution is -0.149. The minimum absolute atomic E-state index is 0.188. The second-order valence-corrected chi connectivity index (χ2v) is 8.96. The Hall–Kier alpha value is -3.72. The van der Waals surface area contributed by atoms with Gasteiger partial charge < -0.3 is 24.3 Å². The molecule has 9 nitrogen and oxygen atoms in total. The molecule has 2 aromatic carbocycles. The topological polar surface area (TPSA) is 103 Å². The molecule has 1 N–H and O–H groups in total. The predicted molar refractivity (Wildman–Crippen MR) is 135 cm³/mol. The lowest BCUT2D eigenvalue weighted by atomic mass is 9.97. The van der Waals surface area contributed by atoms with E-state index in [9.17, 15) is 14.4 Å². The maximum atomic E-state index is 13.8. The fraction of sp³-hybridized carbons (Fsp3) is 0.407. The summed E-state index contributed by atoms with van der Waals surface area (Å²) in [6.45, 7) is 3.21. The summed E-state index contributed by atoms with van der Waals surface area (Å²) in [6.07, 6.45) is 1.62. The van der Waals surface area contributed by atoms with Crippen LogP contribution in [0.3, 0.4) is 0 Å². The highest BCUT2D eigenvalue weighted by molar-refractivity contribution is 6.08. The number of aromatic nitrogens is 2. The summed E-state index contributed by atoms with van der Waals surface area (Å²) < 4.78 is 12.3. The van der Waals surface area contributed by atoms with E-state index in [0.29, 0.717) is 60.6 Å². The van der Waals surface area contributed by atoms with Crippen LogP contribution >= 0.6 is 0 Å². The van der Waals surface area contributed by atoms with Crippen LogP contribution in [0.2, 0.25) is 0 Å². The van der Waals surface area contributed by atoms with E-state index in [4.69, 9.17) is 9.47 Å². The van der Waals surface area contributed by atoms with Crippen LogP contribution in [0.25, 0.3) is 11.0 Å². The second-order valence-electron chi connectivity index (χ2n) is 8.96. The molecule has 36 heavy (non-hydrogen) atoms. The number of amides is 2. The van der Waals surface area contributed by atoms with Crippen LogP contribution in [0.1, 0.15) is 41.5 Å². The normalized spacial score (nSPS) is 15.6. The maximum absolute atomic E-state index is 13.8. The smallest absolute Gasteiger partial charge is 0.310 e. The summed E-state index contributed by atoms with van der Waals surface area (Å²) in [5.41, 5.74) is 3.05. The molecule has 4 rings (SSSR count). The number of nitrogens with zero attached hydrogens (tertiary/aromatic N) is 3. The molecule has 0 spiro atoms. The van der Waals surface area contributed by atoms with Gasteiger partial charge in [-0.3, -0.25) is 14.4 Å². The number of carbonyl (C=O) groups excluding carboxylic acids is 3. The molecule has 2 amide bonds. The number of imidazole rings is 1. The fourth-order valence-electron chi connectivity index (χ4n) is 4.66. The van der Waals surface area contributed by atoms with Crippen LogP contribution in [0, 0.1) is 5.92 Å². The van der Waals surface area contributed by atoms with Crippen LogP contribution in [0.15, 0.2) is 42.5 Å². The Kier molecular flexibility index (Phi) is 8.00. The van der Waals surface area contributed by atoms with Gasteiger partial charge >= 0.3 is 5.97 Å². The third-order valence-corrected chi connectivity index (χ3v) is 6.39. The summed E-state index contributed by atoms with van der Waals surface area (Å²) in [6, 6.07) is 12.9. The number of likely N-dealkylation sites (tertiary alicyclic amines) is 1. The number of methoxy groups -OCH3 is 1. The fourth-order valence-corrected chi connectivity index (χ4v) is 4.66. The first-order valence-electron chi connectivity index (χ1n) is 12.2. The van der Waals surface area contributed by atoms with Crippen LogP contribution in [0.4, 0.5) is 5.69 Å². The highest BCUT2D eigenvalue weighted by Crippen LogP contribution is 2.28. The van der Waals surface area contributed by atoms with Gasteiger partial charge in [0.1, 0.15) is 12.4 Å². The van der Waals surface area contributed by atoms with Gasteiger partial charge in [0.2, 0.25) is 5.91 Å². The van der Waals surface area contributed by atoms with Gasteiger partial charge in [0.05, 0.1) is 35.5 Å². The first kappa shape index (κ1) is 25.4. The van der Waals surface area contributed by atoms with E-state index in [1.165, 1.54) is 0 Å². The third-order valence-electron chi connectivity index (χ3n) is 6.39. The molecule has 1 aromatic heterocycles. The Morgan fingerprint density at radius 2 is 1.94 bits per heavy atom. The van der Waals surface area contributed by atoms with Crippen molar-refractivity contribution in [3.05, 3.63) is 59.4 Å². The molecular formula is C27H32N4O5. The monoisotopic (exact) mass is 492 g/mol. The number of hydrogen-bond acceptors (Lipinski definition) is 6. The largest absolute Gasteiger partial charge is 0.466 e. The Morgan fingerprint density at radius 3 is 2.67 bits per heavy atom. The number of carbonyl (C=O) groups is 3. The number of piperidine rings is 1. The zero-order valence-electron chi connectivity index (χ0n) is 21.0. The van der Waals surface area contributed by atoms with Gasteiger partial charge in [-0.1, -0.05) is 30.3 Å². The molecule has 1 saturated heterocycles. The molecule has 1 atom stereocenters. The number of ether oxygens (including phenoxy) is 2. The number of fused-ring (bicyclic) bond motifs is 1. The minimum Gasteiger partial charge on any atom is -0.466 e. The average Bonchev–Trinajstić information content (AvgIpc) is 3.19. The molecule has 0 radical (unpaired) electrons. The third kappa shape index (κ3) is 5.57. The minimum atomic E-state index is -0.345. The van der Waals surface area contributed by atoms with Crippen molar-refractivity contribution in [3.8, 4) is 0 Å². The summed E-state index contributed by atoms with van der Waals surface area (Å²) >= 11 is 0. The molecule has 1 fully saturated rings.